The lowest BCUT2D eigenvalue weighted by Gasteiger charge is -2.18. The highest BCUT2D eigenvalue weighted by molar-refractivity contribution is 6.28. The maximum atomic E-state index is 10.9. The van der Waals surface area contributed by atoms with Crippen LogP contribution in [0.2, 0.25) is 5.22 Å². The van der Waals surface area contributed by atoms with Crippen molar-refractivity contribution < 1.29 is 14.3 Å². The van der Waals surface area contributed by atoms with Gasteiger partial charge in [0.2, 0.25) is 5.82 Å². The zero-order chi connectivity index (χ0) is 12.7. The van der Waals surface area contributed by atoms with Gasteiger partial charge in [-0.1, -0.05) is 0 Å². The lowest BCUT2D eigenvalue weighted by atomic mass is 10.0. The molecule has 0 spiro atoms. The van der Waals surface area contributed by atoms with Gasteiger partial charge in [0, 0.05) is 6.42 Å². The van der Waals surface area contributed by atoms with E-state index in [9.17, 15) is 4.79 Å². The Kier molecular flexibility index (Phi) is 2.59. The monoisotopic (exact) mass is 267 g/mol. The summed E-state index contributed by atoms with van der Waals surface area (Å²) in [4.78, 5) is 15.3. The number of carboxylic acid groups (broad SMARTS) is 1. The van der Waals surface area contributed by atoms with Crippen molar-refractivity contribution in [2.24, 2.45) is 5.92 Å². The topological polar surface area (TPSA) is 81.2 Å². The molecular weight excluding hydrogens is 258 g/mol. The van der Waals surface area contributed by atoms with Crippen molar-refractivity contribution in [3.05, 3.63) is 23.2 Å². The number of rotatable bonds is 2. The van der Waals surface area contributed by atoms with Crippen molar-refractivity contribution in [1.82, 2.24) is 14.8 Å². The summed E-state index contributed by atoms with van der Waals surface area (Å²) in [6.07, 6.45) is 1.20. The molecule has 0 saturated heterocycles. The molecule has 1 unspecified atom stereocenters. The number of nitrogens with zero attached hydrogens (tertiary/aromatic N) is 3. The summed E-state index contributed by atoms with van der Waals surface area (Å²) in [7, 11) is 0. The van der Waals surface area contributed by atoms with Gasteiger partial charge in [-0.2, -0.15) is 0 Å². The minimum atomic E-state index is -0.793. The van der Waals surface area contributed by atoms with Crippen LogP contribution in [0.1, 0.15) is 12.2 Å². The van der Waals surface area contributed by atoms with Gasteiger partial charge in [-0.3, -0.25) is 4.79 Å². The fraction of sp³-hybridized carbons (Fsp3) is 0.364. The van der Waals surface area contributed by atoms with Crippen molar-refractivity contribution in [1.29, 1.82) is 0 Å². The normalized spacial score (nSPS) is 18.6. The molecule has 3 rings (SSSR count). The number of aliphatic carboxylic acids is 1. The van der Waals surface area contributed by atoms with Crippen LogP contribution in [0.3, 0.4) is 0 Å². The van der Waals surface area contributed by atoms with E-state index in [0.717, 1.165) is 5.82 Å². The van der Waals surface area contributed by atoms with E-state index in [0.29, 0.717) is 31.0 Å². The fourth-order valence-electron chi connectivity index (χ4n) is 2.05. The number of aryl methyl sites for hydroxylation is 1. The highest BCUT2D eigenvalue weighted by atomic mass is 35.5. The van der Waals surface area contributed by atoms with Gasteiger partial charge in [0.1, 0.15) is 5.82 Å². The summed E-state index contributed by atoms with van der Waals surface area (Å²) in [5.74, 6) is 0.540. The van der Waals surface area contributed by atoms with E-state index >= 15 is 0 Å². The van der Waals surface area contributed by atoms with Crippen LogP contribution in [0.5, 0.6) is 0 Å². The first-order valence-electron chi connectivity index (χ1n) is 5.56. The van der Waals surface area contributed by atoms with Gasteiger partial charge in [-0.15, -0.1) is 5.10 Å². The van der Waals surface area contributed by atoms with E-state index in [1.54, 1.807) is 16.8 Å². The Morgan fingerprint density at radius 2 is 2.39 bits per heavy atom. The Bertz CT molecular complexity index is 604. The first-order valence-corrected chi connectivity index (χ1v) is 5.93. The molecule has 0 aliphatic carbocycles. The van der Waals surface area contributed by atoms with Gasteiger partial charge >= 0.3 is 5.97 Å². The quantitative estimate of drug-likeness (QED) is 0.898. The third-order valence-electron chi connectivity index (χ3n) is 3.00. The Hall–Kier alpha value is -1.82. The molecule has 0 saturated carbocycles. The van der Waals surface area contributed by atoms with Crippen molar-refractivity contribution in [2.75, 3.05) is 0 Å². The molecule has 0 fully saturated rings. The summed E-state index contributed by atoms with van der Waals surface area (Å²) in [5.41, 5.74) is 0. The molecular formula is C11H10ClN3O3. The number of carbonyl (C=O) groups is 1. The summed E-state index contributed by atoms with van der Waals surface area (Å²) < 4.78 is 6.87. The van der Waals surface area contributed by atoms with E-state index in [1.807, 2.05) is 0 Å². The summed E-state index contributed by atoms with van der Waals surface area (Å²) in [5, 5.41) is 13.5. The molecule has 6 nitrogen and oxygen atoms in total. The van der Waals surface area contributed by atoms with Crippen LogP contribution in [0.15, 0.2) is 16.5 Å². The van der Waals surface area contributed by atoms with Crippen LogP contribution in [0, 0.1) is 5.92 Å². The second-order valence-corrected chi connectivity index (χ2v) is 4.58. The van der Waals surface area contributed by atoms with Crippen molar-refractivity contribution in [2.45, 2.75) is 19.4 Å². The predicted octanol–water partition coefficient (Wildman–Crippen LogP) is 1.84. The smallest absolute Gasteiger partial charge is 0.308 e. The molecule has 1 aliphatic rings. The molecule has 94 valence electrons. The highest BCUT2D eigenvalue weighted by Gasteiger charge is 2.27. The summed E-state index contributed by atoms with van der Waals surface area (Å²) in [6.45, 7) is 0.353. The number of halogens is 1. The average Bonchev–Trinajstić information content (AvgIpc) is 2.93. The first kappa shape index (κ1) is 11.3. The van der Waals surface area contributed by atoms with Gasteiger partial charge < -0.3 is 9.52 Å². The van der Waals surface area contributed by atoms with Crippen LogP contribution >= 0.6 is 11.6 Å². The van der Waals surface area contributed by atoms with E-state index in [2.05, 4.69) is 10.1 Å². The van der Waals surface area contributed by atoms with E-state index in [1.165, 1.54) is 0 Å². The van der Waals surface area contributed by atoms with Crippen molar-refractivity contribution in [3.8, 4) is 11.6 Å². The molecule has 0 amide bonds. The molecule has 1 aliphatic heterocycles. The van der Waals surface area contributed by atoms with Crippen molar-refractivity contribution in [3.63, 3.8) is 0 Å². The number of carboxylic acids is 1. The van der Waals surface area contributed by atoms with Gasteiger partial charge in [0.25, 0.3) is 0 Å². The third kappa shape index (κ3) is 1.88. The molecule has 0 aromatic carbocycles. The number of aromatic nitrogens is 3. The van der Waals surface area contributed by atoms with Gasteiger partial charge in [-0.25, -0.2) is 9.67 Å². The second-order valence-electron chi connectivity index (χ2n) is 4.21. The van der Waals surface area contributed by atoms with Gasteiger partial charge in [0.05, 0.1) is 12.5 Å². The molecule has 7 heteroatoms. The van der Waals surface area contributed by atoms with E-state index < -0.39 is 11.9 Å². The lowest BCUT2D eigenvalue weighted by Crippen LogP contribution is -2.27. The Morgan fingerprint density at radius 3 is 3.06 bits per heavy atom. The maximum absolute atomic E-state index is 10.9. The van der Waals surface area contributed by atoms with Crippen molar-refractivity contribution >= 4 is 17.6 Å². The van der Waals surface area contributed by atoms with Crippen LogP contribution in [0.25, 0.3) is 11.6 Å². The molecule has 2 aromatic heterocycles. The average molecular weight is 268 g/mol. The van der Waals surface area contributed by atoms with Crippen LogP contribution in [0.4, 0.5) is 0 Å². The minimum Gasteiger partial charge on any atom is -0.481 e. The van der Waals surface area contributed by atoms with Crippen LogP contribution in [-0.4, -0.2) is 25.8 Å². The Morgan fingerprint density at radius 1 is 1.56 bits per heavy atom. The number of furan rings is 1. The SMILES string of the molecule is O=C(O)C1CCc2nc(-c3ccc(Cl)o3)nn2C1. The Labute approximate surface area is 107 Å². The Balaban J connectivity index is 1.91. The molecule has 1 N–H and O–H groups in total. The number of fused-ring (bicyclic) bond motifs is 1. The lowest BCUT2D eigenvalue weighted by molar-refractivity contribution is -0.142. The summed E-state index contributed by atoms with van der Waals surface area (Å²) in [6, 6.07) is 3.31. The van der Waals surface area contributed by atoms with Crippen LogP contribution in [-0.2, 0) is 17.8 Å². The standard InChI is InChI=1S/C11H10ClN3O3/c12-8-3-2-7(18-8)10-13-9-4-1-6(11(16)17)5-15(9)14-10/h2-3,6H,1,4-5H2,(H,16,17). The maximum Gasteiger partial charge on any atom is 0.308 e. The molecule has 1 atom stereocenters. The zero-order valence-electron chi connectivity index (χ0n) is 9.34. The minimum absolute atomic E-state index is 0.279. The molecule has 2 aromatic rings. The molecule has 0 bridgehead atoms. The molecule has 0 radical (unpaired) electrons. The zero-order valence-corrected chi connectivity index (χ0v) is 10.1. The first-order chi connectivity index (χ1) is 8.63. The fourth-order valence-corrected chi connectivity index (χ4v) is 2.20. The second kappa shape index (κ2) is 4.13. The molecule has 18 heavy (non-hydrogen) atoms. The van der Waals surface area contributed by atoms with Crippen LogP contribution < -0.4 is 0 Å². The number of hydrogen-bond acceptors (Lipinski definition) is 4. The molecule has 3 heterocycles. The largest absolute Gasteiger partial charge is 0.481 e. The van der Waals surface area contributed by atoms with Gasteiger partial charge in [0.15, 0.2) is 11.0 Å². The van der Waals surface area contributed by atoms with E-state index in [4.69, 9.17) is 21.1 Å². The number of hydrogen-bond donors (Lipinski definition) is 1. The van der Waals surface area contributed by atoms with Gasteiger partial charge in [-0.05, 0) is 30.2 Å². The third-order valence-corrected chi connectivity index (χ3v) is 3.20. The summed E-state index contributed by atoms with van der Waals surface area (Å²) >= 11 is 5.69. The highest BCUT2D eigenvalue weighted by Crippen LogP contribution is 2.25. The van der Waals surface area contributed by atoms with E-state index in [-0.39, 0.29) is 5.22 Å². The predicted molar refractivity (Wildman–Crippen MR) is 62.2 cm³/mol.